The van der Waals surface area contributed by atoms with E-state index < -0.39 is 40.6 Å². The van der Waals surface area contributed by atoms with Crippen LogP contribution in [0.15, 0.2) is 36.4 Å². The van der Waals surface area contributed by atoms with E-state index in [0.717, 1.165) is 24.3 Å². The molecule has 0 saturated carbocycles. The van der Waals surface area contributed by atoms with E-state index in [-0.39, 0.29) is 24.3 Å². The van der Waals surface area contributed by atoms with Gasteiger partial charge in [-0.15, -0.1) is 0 Å². The molecule has 2 aromatic carbocycles. The molecule has 1 aromatic heterocycles. The number of nitrogens with one attached hydrogen (secondary N) is 2. The molecule has 6 nitrogen and oxygen atoms in total. The van der Waals surface area contributed by atoms with Crippen LogP contribution < -0.4 is 10.6 Å². The summed E-state index contributed by atoms with van der Waals surface area (Å²) in [4.78, 5) is 24.5. The van der Waals surface area contributed by atoms with Crippen LogP contribution in [0.3, 0.4) is 0 Å². The van der Waals surface area contributed by atoms with E-state index in [4.69, 9.17) is 0 Å². The van der Waals surface area contributed by atoms with Crippen LogP contribution in [0.1, 0.15) is 32.1 Å². The van der Waals surface area contributed by atoms with Gasteiger partial charge < -0.3 is 10.6 Å². The normalized spacial score (nSPS) is 10.8. The van der Waals surface area contributed by atoms with Gasteiger partial charge in [0, 0.05) is 19.2 Å². The van der Waals surface area contributed by atoms with Crippen molar-refractivity contribution in [1.29, 1.82) is 0 Å². The SMILES string of the molecule is Cc1nn(-c2ccc(F)cc2F)c(C)c1C(=O)NCCNC(=O)c1c(F)cccc1F. The number of aryl methyl sites for hydroxylation is 1. The fourth-order valence-corrected chi connectivity index (χ4v) is 3.10. The van der Waals surface area contributed by atoms with Crippen LogP contribution in [0.5, 0.6) is 0 Å². The Morgan fingerprint density at radius 2 is 1.45 bits per heavy atom. The van der Waals surface area contributed by atoms with Crippen molar-refractivity contribution < 1.29 is 27.2 Å². The van der Waals surface area contributed by atoms with Crippen LogP contribution in [0.4, 0.5) is 17.6 Å². The zero-order chi connectivity index (χ0) is 22.7. The van der Waals surface area contributed by atoms with E-state index in [1.54, 1.807) is 13.8 Å². The molecule has 2 amide bonds. The summed E-state index contributed by atoms with van der Waals surface area (Å²) in [7, 11) is 0. The Kier molecular flexibility index (Phi) is 6.38. The van der Waals surface area contributed by atoms with Crippen molar-refractivity contribution in [2.24, 2.45) is 0 Å². The fraction of sp³-hybridized carbons (Fsp3) is 0.190. The largest absolute Gasteiger partial charge is 0.350 e. The number of hydrogen-bond acceptors (Lipinski definition) is 3. The fourth-order valence-electron chi connectivity index (χ4n) is 3.10. The maximum Gasteiger partial charge on any atom is 0.257 e. The van der Waals surface area contributed by atoms with Crippen LogP contribution in [0, 0.1) is 37.1 Å². The van der Waals surface area contributed by atoms with Crippen molar-refractivity contribution in [3.63, 3.8) is 0 Å². The van der Waals surface area contributed by atoms with E-state index >= 15 is 0 Å². The third-order valence-corrected chi connectivity index (χ3v) is 4.54. The highest BCUT2D eigenvalue weighted by Crippen LogP contribution is 2.20. The van der Waals surface area contributed by atoms with Gasteiger partial charge in [-0.1, -0.05) is 6.07 Å². The van der Waals surface area contributed by atoms with Crippen molar-refractivity contribution in [3.05, 3.63) is 82.2 Å². The van der Waals surface area contributed by atoms with Crippen molar-refractivity contribution in [3.8, 4) is 5.69 Å². The molecule has 0 fully saturated rings. The summed E-state index contributed by atoms with van der Waals surface area (Å²) in [5.41, 5.74) is 0.118. The van der Waals surface area contributed by atoms with Crippen LogP contribution in [0.2, 0.25) is 0 Å². The Labute approximate surface area is 174 Å². The van der Waals surface area contributed by atoms with Crippen molar-refractivity contribution in [2.75, 3.05) is 13.1 Å². The second-order valence-corrected chi connectivity index (χ2v) is 6.66. The summed E-state index contributed by atoms with van der Waals surface area (Å²) in [6, 6.07) is 6.08. The standard InChI is InChI=1S/C21H18F4N4O2/c1-11-18(12(2)29(28-11)17-7-6-13(22)10-16(17)25)20(30)26-8-9-27-21(31)19-14(23)4-3-5-15(19)24/h3-7,10H,8-9H2,1-2H3,(H,26,30)(H,27,31). The molecule has 0 atom stereocenters. The van der Waals surface area contributed by atoms with Crippen LogP contribution >= 0.6 is 0 Å². The molecule has 0 aliphatic heterocycles. The van der Waals surface area contributed by atoms with E-state index in [1.807, 2.05) is 0 Å². The molecule has 0 radical (unpaired) electrons. The minimum Gasteiger partial charge on any atom is -0.350 e. The van der Waals surface area contributed by atoms with E-state index in [1.165, 1.54) is 10.7 Å². The first-order chi connectivity index (χ1) is 14.7. The van der Waals surface area contributed by atoms with Crippen LogP contribution in [-0.2, 0) is 0 Å². The lowest BCUT2D eigenvalue weighted by Crippen LogP contribution is -2.35. The molecule has 3 rings (SSSR count). The molecule has 2 N–H and O–H groups in total. The zero-order valence-corrected chi connectivity index (χ0v) is 16.6. The number of halogens is 4. The summed E-state index contributed by atoms with van der Waals surface area (Å²) in [6.07, 6.45) is 0. The Morgan fingerprint density at radius 1 is 0.871 bits per heavy atom. The van der Waals surface area contributed by atoms with Gasteiger partial charge in [0.1, 0.15) is 28.7 Å². The summed E-state index contributed by atoms with van der Waals surface area (Å²) in [5, 5.41) is 9.03. The van der Waals surface area contributed by atoms with Gasteiger partial charge in [0.2, 0.25) is 0 Å². The molecule has 1 heterocycles. The highest BCUT2D eigenvalue weighted by Gasteiger charge is 2.21. The summed E-state index contributed by atoms with van der Waals surface area (Å²) in [5.74, 6) is -5.04. The number of amides is 2. The summed E-state index contributed by atoms with van der Waals surface area (Å²) in [6.45, 7) is 3.00. The average Bonchev–Trinajstić information content (AvgIpc) is 2.99. The number of hydrogen-bond donors (Lipinski definition) is 2. The zero-order valence-electron chi connectivity index (χ0n) is 16.6. The second-order valence-electron chi connectivity index (χ2n) is 6.66. The molecular formula is C21H18F4N4O2. The molecule has 0 unspecified atom stereocenters. The summed E-state index contributed by atoms with van der Waals surface area (Å²) >= 11 is 0. The second kappa shape index (κ2) is 8.99. The number of carbonyl (C=O) groups is 2. The van der Waals surface area contributed by atoms with Gasteiger partial charge in [-0.3, -0.25) is 9.59 Å². The van der Waals surface area contributed by atoms with Gasteiger partial charge >= 0.3 is 0 Å². The molecular weight excluding hydrogens is 416 g/mol. The highest BCUT2D eigenvalue weighted by atomic mass is 19.1. The first-order valence-corrected chi connectivity index (χ1v) is 9.22. The first kappa shape index (κ1) is 22.0. The lowest BCUT2D eigenvalue weighted by molar-refractivity contribution is 0.0922. The van der Waals surface area contributed by atoms with Crippen molar-refractivity contribution >= 4 is 11.8 Å². The lowest BCUT2D eigenvalue weighted by atomic mass is 10.1. The minimum atomic E-state index is -0.992. The van der Waals surface area contributed by atoms with Gasteiger partial charge in [-0.05, 0) is 38.1 Å². The number of nitrogens with zero attached hydrogens (tertiary/aromatic N) is 2. The molecule has 0 bridgehead atoms. The van der Waals surface area contributed by atoms with Crippen LogP contribution in [-0.4, -0.2) is 34.7 Å². The monoisotopic (exact) mass is 434 g/mol. The van der Waals surface area contributed by atoms with Gasteiger partial charge in [0.25, 0.3) is 11.8 Å². The summed E-state index contributed by atoms with van der Waals surface area (Å²) < 4.78 is 55.7. The molecule has 0 spiro atoms. The average molecular weight is 434 g/mol. The van der Waals surface area contributed by atoms with Gasteiger partial charge in [0.15, 0.2) is 5.82 Å². The van der Waals surface area contributed by atoms with Gasteiger partial charge in [0.05, 0.1) is 17.0 Å². The minimum absolute atomic E-state index is 0.0137. The quantitative estimate of drug-likeness (QED) is 0.462. The maximum absolute atomic E-state index is 14.1. The highest BCUT2D eigenvalue weighted by molar-refractivity contribution is 5.97. The van der Waals surface area contributed by atoms with E-state index in [2.05, 4.69) is 15.7 Å². The third kappa shape index (κ3) is 4.57. The topological polar surface area (TPSA) is 76.0 Å². The predicted molar refractivity (Wildman–Crippen MR) is 104 cm³/mol. The molecule has 31 heavy (non-hydrogen) atoms. The Hall–Kier alpha value is -3.69. The number of carbonyl (C=O) groups excluding carboxylic acids is 2. The Morgan fingerprint density at radius 3 is 2.03 bits per heavy atom. The Balaban J connectivity index is 1.65. The predicted octanol–water partition coefficient (Wildman–Crippen LogP) is 3.21. The molecule has 0 saturated heterocycles. The number of rotatable bonds is 6. The third-order valence-electron chi connectivity index (χ3n) is 4.54. The molecule has 162 valence electrons. The molecule has 0 aliphatic rings. The van der Waals surface area contributed by atoms with Crippen molar-refractivity contribution in [1.82, 2.24) is 20.4 Å². The van der Waals surface area contributed by atoms with Crippen LogP contribution in [0.25, 0.3) is 5.69 Å². The van der Waals surface area contributed by atoms with E-state index in [9.17, 15) is 27.2 Å². The number of benzene rings is 2. The number of aromatic nitrogens is 2. The first-order valence-electron chi connectivity index (χ1n) is 9.22. The lowest BCUT2D eigenvalue weighted by Gasteiger charge is -2.09. The van der Waals surface area contributed by atoms with Gasteiger partial charge in [-0.25, -0.2) is 22.2 Å². The van der Waals surface area contributed by atoms with E-state index in [0.29, 0.717) is 17.5 Å². The molecule has 3 aromatic rings. The maximum atomic E-state index is 14.1. The van der Waals surface area contributed by atoms with Gasteiger partial charge in [-0.2, -0.15) is 5.10 Å². The van der Waals surface area contributed by atoms with Crippen molar-refractivity contribution in [2.45, 2.75) is 13.8 Å². The smallest absolute Gasteiger partial charge is 0.257 e. The molecule has 10 heteroatoms. The Bertz CT molecular complexity index is 1140. The molecule has 0 aliphatic carbocycles.